The molecule has 0 saturated heterocycles. The van der Waals surface area contributed by atoms with E-state index >= 15 is 0 Å². The standard InChI is InChI=1S/C17H11ClN4O2S/c18-15-7-6-14(25-15)13(23)9-21-10-19-16-12(17(21)24)8-20-22(16)11-4-2-1-3-5-11/h1-8,10H,9H2. The van der Waals surface area contributed by atoms with Crippen LogP contribution in [0.3, 0.4) is 0 Å². The fraction of sp³-hybridized carbons (Fsp3) is 0.0588. The number of hydrogen-bond donors (Lipinski definition) is 0. The normalized spacial score (nSPS) is 11.1. The third-order valence-electron chi connectivity index (χ3n) is 3.72. The van der Waals surface area contributed by atoms with Gasteiger partial charge in [-0.05, 0) is 24.3 Å². The van der Waals surface area contributed by atoms with Crippen molar-refractivity contribution in [1.82, 2.24) is 19.3 Å². The molecule has 0 spiro atoms. The Balaban J connectivity index is 1.72. The maximum atomic E-state index is 12.6. The molecule has 25 heavy (non-hydrogen) atoms. The molecule has 3 aromatic heterocycles. The average Bonchev–Trinajstić information content (AvgIpc) is 3.25. The Labute approximate surface area is 150 Å². The van der Waals surface area contributed by atoms with Crippen molar-refractivity contribution in [2.45, 2.75) is 6.54 Å². The van der Waals surface area contributed by atoms with Gasteiger partial charge in [-0.3, -0.25) is 14.2 Å². The molecule has 3 heterocycles. The molecule has 0 saturated carbocycles. The summed E-state index contributed by atoms with van der Waals surface area (Å²) in [5.41, 5.74) is 0.966. The van der Waals surface area contributed by atoms with E-state index in [-0.39, 0.29) is 17.9 Å². The topological polar surface area (TPSA) is 69.8 Å². The summed E-state index contributed by atoms with van der Waals surface area (Å²) in [6, 6.07) is 12.7. The number of thiophene rings is 1. The quantitative estimate of drug-likeness (QED) is 0.517. The monoisotopic (exact) mass is 370 g/mol. The van der Waals surface area contributed by atoms with Crippen LogP contribution >= 0.6 is 22.9 Å². The number of ketones is 1. The summed E-state index contributed by atoms with van der Waals surface area (Å²) in [6.45, 7) is -0.0882. The second-order valence-corrected chi connectivity index (χ2v) is 7.05. The van der Waals surface area contributed by atoms with Crippen molar-refractivity contribution < 1.29 is 4.79 Å². The van der Waals surface area contributed by atoms with E-state index < -0.39 is 0 Å². The molecule has 0 radical (unpaired) electrons. The summed E-state index contributed by atoms with van der Waals surface area (Å²) in [7, 11) is 0. The number of fused-ring (bicyclic) bond motifs is 1. The van der Waals surface area contributed by atoms with Crippen molar-refractivity contribution in [2.24, 2.45) is 0 Å². The number of benzene rings is 1. The molecule has 4 aromatic rings. The Morgan fingerprint density at radius 1 is 1.16 bits per heavy atom. The zero-order valence-electron chi connectivity index (χ0n) is 12.8. The highest BCUT2D eigenvalue weighted by atomic mass is 35.5. The van der Waals surface area contributed by atoms with Crippen LogP contribution in [0.25, 0.3) is 16.7 Å². The van der Waals surface area contributed by atoms with Crippen molar-refractivity contribution in [3.8, 4) is 5.69 Å². The van der Waals surface area contributed by atoms with Gasteiger partial charge in [-0.1, -0.05) is 29.8 Å². The zero-order chi connectivity index (χ0) is 17.4. The lowest BCUT2D eigenvalue weighted by Crippen LogP contribution is -2.24. The van der Waals surface area contributed by atoms with Crippen LogP contribution in [0.5, 0.6) is 0 Å². The lowest BCUT2D eigenvalue weighted by Gasteiger charge is -2.05. The molecule has 0 amide bonds. The number of hydrogen-bond acceptors (Lipinski definition) is 5. The van der Waals surface area contributed by atoms with E-state index in [0.717, 1.165) is 5.69 Å². The molecule has 0 bridgehead atoms. The van der Waals surface area contributed by atoms with E-state index in [0.29, 0.717) is 20.2 Å². The van der Waals surface area contributed by atoms with Gasteiger partial charge in [-0.15, -0.1) is 11.3 Å². The van der Waals surface area contributed by atoms with E-state index in [1.165, 1.54) is 28.4 Å². The van der Waals surface area contributed by atoms with Gasteiger partial charge in [0, 0.05) is 0 Å². The van der Waals surface area contributed by atoms with Gasteiger partial charge >= 0.3 is 0 Å². The number of Topliss-reactive ketones (excluding diaryl/α,β-unsaturated/α-hetero) is 1. The van der Waals surface area contributed by atoms with Crippen molar-refractivity contribution in [3.05, 3.63) is 74.6 Å². The first-order valence-corrected chi connectivity index (χ1v) is 8.60. The Hall–Kier alpha value is -2.77. The fourth-order valence-electron chi connectivity index (χ4n) is 2.52. The van der Waals surface area contributed by atoms with Gasteiger partial charge in [0.1, 0.15) is 11.7 Å². The van der Waals surface area contributed by atoms with Crippen molar-refractivity contribution in [3.63, 3.8) is 0 Å². The molecule has 0 N–H and O–H groups in total. The van der Waals surface area contributed by atoms with Crippen LogP contribution < -0.4 is 5.56 Å². The van der Waals surface area contributed by atoms with Gasteiger partial charge in [-0.2, -0.15) is 5.10 Å². The van der Waals surface area contributed by atoms with Gasteiger partial charge in [0.05, 0.1) is 27.6 Å². The minimum atomic E-state index is -0.303. The molecular weight excluding hydrogens is 360 g/mol. The third-order valence-corrected chi connectivity index (χ3v) is 4.99. The van der Waals surface area contributed by atoms with Crippen molar-refractivity contribution in [1.29, 1.82) is 0 Å². The van der Waals surface area contributed by atoms with E-state index in [1.807, 2.05) is 30.3 Å². The van der Waals surface area contributed by atoms with E-state index in [9.17, 15) is 9.59 Å². The Bertz CT molecular complexity index is 1130. The number of halogens is 1. The van der Waals surface area contributed by atoms with Gasteiger partial charge in [-0.25, -0.2) is 9.67 Å². The summed E-state index contributed by atoms with van der Waals surface area (Å²) >= 11 is 7.04. The van der Waals surface area contributed by atoms with Crippen LogP contribution in [0.4, 0.5) is 0 Å². The number of aromatic nitrogens is 4. The highest BCUT2D eigenvalue weighted by Gasteiger charge is 2.15. The molecular formula is C17H11ClN4O2S. The molecule has 1 aromatic carbocycles. The summed E-state index contributed by atoms with van der Waals surface area (Å²) in [5, 5.41) is 4.61. The highest BCUT2D eigenvalue weighted by molar-refractivity contribution is 7.18. The molecule has 0 aliphatic rings. The maximum absolute atomic E-state index is 12.6. The molecule has 6 nitrogen and oxygen atoms in total. The van der Waals surface area contributed by atoms with Crippen LogP contribution in [-0.2, 0) is 6.54 Å². The first-order chi connectivity index (χ1) is 12.1. The van der Waals surface area contributed by atoms with Crippen molar-refractivity contribution >= 4 is 39.8 Å². The van der Waals surface area contributed by atoms with Crippen LogP contribution in [0, 0.1) is 0 Å². The first-order valence-electron chi connectivity index (χ1n) is 7.40. The summed E-state index contributed by atoms with van der Waals surface area (Å²) in [5.74, 6) is -0.185. The number of carbonyl (C=O) groups is 1. The second kappa shape index (κ2) is 6.27. The fourth-order valence-corrected chi connectivity index (χ4v) is 3.49. The smallest absolute Gasteiger partial charge is 0.264 e. The van der Waals surface area contributed by atoms with Crippen LogP contribution in [0.15, 0.2) is 59.8 Å². The predicted molar refractivity (Wildman–Crippen MR) is 96.8 cm³/mol. The number of para-hydroxylation sites is 1. The third kappa shape index (κ3) is 2.88. The molecule has 0 atom stereocenters. The van der Waals surface area contributed by atoms with Gasteiger partial charge in [0.15, 0.2) is 11.4 Å². The van der Waals surface area contributed by atoms with Gasteiger partial charge < -0.3 is 0 Å². The Kier molecular flexibility index (Phi) is 3.95. The molecule has 0 fully saturated rings. The minimum Gasteiger partial charge on any atom is -0.291 e. The SMILES string of the molecule is O=C(Cn1cnc2c(cnn2-c2ccccc2)c1=O)c1ccc(Cl)s1. The Morgan fingerprint density at radius 2 is 1.96 bits per heavy atom. The number of nitrogens with zero attached hydrogens (tertiary/aromatic N) is 4. The predicted octanol–water partition coefficient (Wildman–Crippen LogP) is 3.18. The summed E-state index contributed by atoms with van der Waals surface area (Å²) < 4.78 is 3.42. The maximum Gasteiger partial charge on any atom is 0.264 e. The van der Waals surface area contributed by atoms with Crippen LogP contribution in [0.1, 0.15) is 9.67 Å². The Morgan fingerprint density at radius 3 is 2.68 bits per heavy atom. The number of carbonyl (C=O) groups excluding carboxylic acids is 1. The molecule has 0 aliphatic carbocycles. The van der Waals surface area contributed by atoms with Crippen LogP contribution in [-0.4, -0.2) is 25.1 Å². The molecule has 0 unspecified atom stereocenters. The highest BCUT2D eigenvalue weighted by Crippen LogP contribution is 2.22. The number of rotatable bonds is 4. The zero-order valence-corrected chi connectivity index (χ0v) is 14.4. The summed E-state index contributed by atoms with van der Waals surface area (Å²) in [6.07, 6.45) is 2.85. The molecule has 0 aliphatic heterocycles. The second-order valence-electron chi connectivity index (χ2n) is 5.33. The largest absolute Gasteiger partial charge is 0.291 e. The van der Waals surface area contributed by atoms with Gasteiger partial charge in [0.2, 0.25) is 0 Å². The van der Waals surface area contributed by atoms with E-state index in [1.54, 1.807) is 16.8 Å². The minimum absolute atomic E-state index is 0.0882. The molecule has 124 valence electrons. The summed E-state index contributed by atoms with van der Waals surface area (Å²) in [4.78, 5) is 29.8. The molecule has 8 heteroatoms. The molecule has 4 rings (SSSR count). The van der Waals surface area contributed by atoms with E-state index in [2.05, 4.69) is 10.1 Å². The lowest BCUT2D eigenvalue weighted by atomic mass is 10.3. The first kappa shape index (κ1) is 15.7. The van der Waals surface area contributed by atoms with E-state index in [4.69, 9.17) is 11.6 Å². The lowest BCUT2D eigenvalue weighted by molar-refractivity contribution is 0.0974. The van der Waals surface area contributed by atoms with Crippen molar-refractivity contribution in [2.75, 3.05) is 0 Å². The average molecular weight is 371 g/mol. The van der Waals surface area contributed by atoms with Crippen LogP contribution in [0.2, 0.25) is 4.34 Å². The van der Waals surface area contributed by atoms with Gasteiger partial charge in [0.25, 0.3) is 5.56 Å².